The second-order valence-electron chi connectivity index (χ2n) is 2.32. The van der Waals surface area contributed by atoms with Gasteiger partial charge in [-0.1, -0.05) is 0 Å². The standard InChI is InChI=1S/C6H5F3N2O2/c1-4(12)13-5(6(7,8)9)2-3-10-11-5/h2-3H,1H3. The fourth-order valence-electron chi connectivity index (χ4n) is 0.769. The van der Waals surface area contributed by atoms with Crippen molar-refractivity contribution in [2.24, 2.45) is 10.2 Å². The SMILES string of the molecule is CC(=O)OC1(C(F)(F)F)C=CN=N1. The minimum Gasteiger partial charge on any atom is -0.422 e. The minimum atomic E-state index is -4.78. The van der Waals surface area contributed by atoms with Crippen LogP contribution in [0, 0.1) is 0 Å². The molecule has 72 valence electrons. The van der Waals surface area contributed by atoms with E-state index in [9.17, 15) is 18.0 Å². The third-order valence-corrected chi connectivity index (χ3v) is 1.28. The van der Waals surface area contributed by atoms with Gasteiger partial charge in [0.05, 0.1) is 6.20 Å². The molecule has 1 atom stereocenters. The quantitative estimate of drug-likeness (QED) is 0.597. The molecule has 0 radical (unpaired) electrons. The summed E-state index contributed by atoms with van der Waals surface area (Å²) in [7, 11) is 0. The van der Waals surface area contributed by atoms with E-state index in [0.29, 0.717) is 6.08 Å². The molecule has 0 spiro atoms. The fourth-order valence-corrected chi connectivity index (χ4v) is 0.769. The maximum Gasteiger partial charge on any atom is 0.456 e. The summed E-state index contributed by atoms with van der Waals surface area (Å²) in [6.07, 6.45) is -3.38. The molecule has 4 nitrogen and oxygen atoms in total. The van der Waals surface area contributed by atoms with E-state index in [4.69, 9.17) is 0 Å². The monoisotopic (exact) mass is 194 g/mol. The lowest BCUT2D eigenvalue weighted by Crippen LogP contribution is -2.44. The zero-order chi connectivity index (χ0) is 10.1. The van der Waals surface area contributed by atoms with E-state index in [0.717, 1.165) is 13.1 Å². The lowest BCUT2D eigenvalue weighted by Gasteiger charge is -2.24. The number of carbonyl (C=O) groups is 1. The zero-order valence-electron chi connectivity index (χ0n) is 6.50. The van der Waals surface area contributed by atoms with Gasteiger partial charge in [0.25, 0.3) is 0 Å². The highest BCUT2D eigenvalue weighted by molar-refractivity contribution is 5.67. The van der Waals surface area contributed by atoms with Crippen LogP contribution >= 0.6 is 0 Å². The minimum absolute atomic E-state index is 0.578. The molecular weight excluding hydrogens is 189 g/mol. The molecular formula is C6H5F3N2O2. The number of nitrogens with zero attached hydrogens (tertiary/aromatic N) is 2. The third-order valence-electron chi connectivity index (χ3n) is 1.28. The highest BCUT2D eigenvalue weighted by Gasteiger charge is 2.59. The first-order valence-corrected chi connectivity index (χ1v) is 3.23. The molecule has 13 heavy (non-hydrogen) atoms. The van der Waals surface area contributed by atoms with Crippen molar-refractivity contribution in [1.82, 2.24) is 0 Å². The van der Waals surface area contributed by atoms with E-state index in [1.807, 2.05) is 0 Å². The molecule has 0 aromatic heterocycles. The number of esters is 1. The number of rotatable bonds is 1. The van der Waals surface area contributed by atoms with Crippen molar-refractivity contribution in [1.29, 1.82) is 0 Å². The van der Waals surface area contributed by atoms with Crippen LogP contribution in [0.1, 0.15) is 6.92 Å². The van der Waals surface area contributed by atoms with Gasteiger partial charge in [-0.25, -0.2) is 0 Å². The number of carbonyl (C=O) groups excluding carboxylic acids is 1. The molecule has 1 aliphatic rings. The normalized spacial score (nSPS) is 26.5. The molecule has 7 heteroatoms. The van der Waals surface area contributed by atoms with Gasteiger partial charge in [0.1, 0.15) is 0 Å². The van der Waals surface area contributed by atoms with Gasteiger partial charge in [0.15, 0.2) is 0 Å². The summed E-state index contributed by atoms with van der Waals surface area (Å²) in [5.41, 5.74) is -2.92. The Bertz CT molecular complexity index is 270. The predicted molar refractivity (Wildman–Crippen MR) is 34.5 cm³/mol. The summed E-state index contributed by atoms with van der Waals surface area (Å²) < 4.78 is 40.9. The van der Waals surface area contributed by atoms with E-state index in [-0.39, 0.29) is 0 Å². The Balaban J connectivity index is 2.96. The first-order valence-electron chi connectivity index (χ1n) is 3.23. The Kier molecular flexibility index (Phi) is 2.10. The van der Waals surface area contributed by atoms with Crippen LogP contribution in [0.2, 0.25) is 0 Å². The Morgan fingerprint density at radius 3 is 2.46 bits per heavy atom. The highest BCUT2D eigenvalue weighted by atomic mass is 19.4. The van der Waals surface area contributed by atoms with Gasteiger partial charge >= 0.3 is 17.9 Å². The van der Waals surface area contributed by atoms with Crippen molar-refractivity contribution in [2.75, 3.05) is 0 Å². The number of azo groups is 1. The van der Waals surface area contributed by atoms with Gasteiger partial charge in [-0.15, -0.1) is 5.11 Å². The van der Waals surface area contributed by atoms with Gasteiger partial charge in [0, 0.05) is 13.0 Å². The molecule has 0 bridgehead atoms. The molecule has 1 rings (SSSR count). The molecule has 0 aliphatic carbocycles. The molecule has 0 amide bonds. The molecule has 0 fully saturated rings. The number of alkyl halides is 3. The van der Waals surface area contributed by atoms with Crippen molar-refractivity contribution in [2.45, 2.75) is 18.8 Å². The summed E-state index contributed by atoms with van der Waals surface area (Å²) in [6.45, 7) is 0.870. The first kappa shape index (κ1) is 9.69. The van der Waals surface area contributed by atoms with Gasteiger partial charge in [-0.2, -0.15) is 18.3 Å². The number of hydrogen-bond donors (Lipinski definition) is 0. The summed E-state index contributed by atoms with van der Waals surface area (Å²) in [5.74, 6) is -1.07. The number of ether oxygens (including phenoxy) is 1. The summed E-state index contributed by atoms with van der Waals surface area (Å²) in [5, 5.41) is 5.83. The number of hydrogen-bond acceptors (Lipinski definition) is 4. The maximum atomic E-state index is 12.3. The van der Waals surface area contributed by atoms with E-state index in [1.165, 1.54) is 0 Å². The second kappa shape index (κ2) is 2.82. The van der Waals surface area contributed by atoms with Crippen molar-refractivity contribution < 1.29 is 22.7 Å². The van der Waals surface area contributed by atoms with Crippen LogP contribution in [-0.4, -0.2) is 17.9 Å². The van der Waals surface area contributed by atoms with Gasteiger partial charge in [-0.05, 0) is 0 Å². The van der Waals surface area contributed by atoms with Crippen LogP contribution in [0.5, 0.6) is 0 Å². The molecule has 0 aromatic carbocycles. The molecule has 0 saturated carbocycles. The molecule has 0 saturated heterocycles. The lowest BCUT2D eigenvalue weighted by atomic mass is 10.2. The number of halogens is 3. The topological polar surface area (TPSA) is 51.0 Å². The van der Waals surface area contributed by atoms with E-state index in [1.54, 1.807) is 0 Å². The average molecular weight is 194 g/mol. The van der Waals surface area contributed by atoms with Crippen LogP contribution in [0.4, 0.5) is 13.2 Å². The lowest BCUT2D eigenvalue weighted by molar-refractivity contribution is -0.248. The van der Waals surface area contributed by atoms with Crippen molar-refractivity contribution in [3.05, 3.63) is 12.3 Å². The maximum absolute atomic E-state index is 12.3. The van der Waals surface area contributed by atoms with Crippen LogP contribution in [0.25, 0.3) is 0 Å². The Morgan fingerprint density at radius 1 is 1.54 bits per heavy atom. The van der Waals surface area contributed by atoms with Gasteiger partial charge < -0.3 is 4.74 Å². The summed E-state index contributed by atoms with van der Waals surface area (Å²) in [6, 6.07) is 0. The predicted octanol–water partition coefficient (Wildman–Crippen LogP) is 1.79. The van der Waals surface area contributed by atoms with Crippen LogP contribution in [0.3, 0.4) is 0 Å². The van der Waals surface area contributed by atoms with Crippen molar-refractivity contribution >= 4 is 5.97 Å². The van der Waals surface area contributed by atoms with Crippen LogP contribution < -0.4 is 0 Å². The van der Waals surface area contributed by atoms with E-state index in [2.05, 4.69) is 15.0 Å². The summed E-state index contributed by atoms with van der Waals surface area (Å²) >= 11 is 0. The van der Waals surface area contributed by atoms with Crippen molar-refractivity contribution in [3.8, 4) is 0 Å². The highest BCUT2D eigenvalue weighted by Crippen LogP contribution is 2.38. The van der Waals surface area contributed by atoms with Crippen LogP contribution in [0.15, 0.2) is 22.5 Å². The second-order valence-corrected chi connectivity index (χ2v) is 2.32. The van der Waals surface area contributed by atoms with Crippen molar-refractivity contribution in [3.63, 3.8) is 0 Å². The molecule has 1 unspecified atom stereocenters. The van der Waals surface area contributed by atoms with E-state index >= 15 is 0 Å². The largest absolute Gasteiger partial charge is 0.456 e. The van der Waals surface area contributed by atoms with Gasteiger partial charge in [0.2, 0.25) is 0 Å². The van der Waals surface area contributed by atoms with Crippen LogP contribution in [-0.2, 0) is 9.53 Å². The Morgan fingerprint density at radius 2 is 2.15 bits per heavy atom. The molecule has 0 N–H and O–H groups in total. The van der Waals surface area contributed by atoms with Gasteiger partial charge in [-0.3, -0.25) is 4.79 Å². The Labute approximate surface area is 71.1 Å². The zero-order valence-corrected chi connectivity index (χ0v) is 6.50. The van der Waals surface area contributed by atoms with E-state index < -0.39 is 17.9 Å². The average Bonchev–Trinajstić information content (AvgIpc) is 2.33. The smallest absolute Gasteiger partial charge is 0.422 e. The first-order chi connectivity index (χ1) is 5.87. The molecule has 0 aromatic rings. The Hall–Kier alpha value is -1.40. The fraction of sp³-hybridized carbons (Fsp3) is 0.500. The summed E-state index contributed by atoms with van der Waals surface area (Å²) in [4.78, 5) is 10.4. The molecule has 1 aliphatic heterocycles. The third kappa shape index (κ3) is 1.68. The molecule has 1 heterocycles.